The molecule has 27 heavy (non-hydrogen) atoms. The van der Waals surface area contributed by atoms with Crippen LogP contribution in [0.5, 0.6) is 0 Å². The summed E-state index contributed by atoms with van der Waals surface area (Å²) in [4.78, 5) is 14.1. The highest BCUT2D eigenvalue weighted by Gasteiger charge is 2.42. The highest BCUT2D eigenvalue weighted by molar-refractivity contribution is 7.99. The molecular weight excluding hydrogens is 382 g/mol. The second-order valence-electron chi connectivity index (χ2n) is 6.67. The molecule has 0 saturated heterocycles. The van der Waals surface area contributed by atoms with Crippen LogP contribution in [0.2, 0.25) is 0 Å². The highest BCUT2D eigenvalue weighted by atomic mass is 32.2. The number of sulfonamides is 1. The van der Waals surface area contributed by atoms with Crippen LogP contribution in [0.15, 0.2) is 58.3 Å². The molecule has 2 N–H and O–H groups in total. The Morgan fingerprint density at radius 2 is 1.56 bits per heavy atom. The summed E-state index contributed by atoms with van der Waals surface area (Å²) in [6, 6.07) is 13.8. The first-order chi connectivity index (χ1) is 12.6. The average molecular weight is 404 g/mol. The number of thioether (sulfide) groups is 1. The lowest BCUT2D eigenvalue weighted by Gasteiger charge is -2.17. The van der Waals surface area contributed by atoms with E-state index in [-0.39, 0.29) is 10.7 Å². The van der Waals surface area contributed by atoms with Gasteiger partial charge in [-0.25, -0.2) is 13.6 Å². The third-order valence-corrected chi connectivity index (χ3v) is 6.08. The Kier molecular flexibility index (Phi) is 5.20. The van der Waals surface area contributed by atoms with Crippen molar-refractivity contribution in [1.82, 2.24) is 0 Å². The molecule has 0 bridgehead atoms. The van der Waals surface area contributed by atoms with Gasteiger partial charge in [-0.1, -0.05) is 19.1 Å². The quantitative estimate of drug-likeness (QED) is 0.770. The maximum absolute atomic E-state index is 12.9. The van der Waals surface area contributed by atoms with Gasteiger partial charge < -0.3 is 4.74 Å². The molecule has 1 heterocycles. The molecule has 2 aromatic rings. The number of carbonyl (C=O) groups is 1. The minimum Gasteiger partial charge on any atom is -0.478 e. The van der Waals surface area contributed by atoms with Crippen LogP contribution in [0.3, 0.4) is 0 Å². The van der Waals surface area contributed by atoms with Crippen LogP contribution in [-0.4, -0.2) is 25.6 Å². The molecule has 0 saturated carbocycles. The summed E-state index contributed by atoms with van der Waals surface area (Å²) >= 11 is 1.73. The Balaban J connectivity index is 2.09. The zero-order valence-electron chi connectivity index (χ0n) is 15.4. The molecule has 1 aliphatic heterocycles. The number of hydrogen-bond acceptors (Lipinski definition) is 5. The predicted octanol–water partition coefficient (Wildman–Crippen LogP) is 3.69. The second kappa shape index (κ2) is 7.14. The minimum atomic E-state index is -3.78. The number of hydrogen-bond donors (Lipinski definition) is 1. The summed E-state index contributed by atoms with van der Waals surface area (Å²) in [5.41, 5.74) is 0.913. The fraction of sp³-hybridized carbons (Fsp3) is 0.250. The largest absolute Gasteiger partial charge is 0.478 e. The lowest BCUT2D eigenvalue weighted by Crippen LogP contribution is -2.29. The summed E-state index contributed by atoms with van der Waals surface area (Å²) in [5, 5.41) is 5.16. The molecule has 142 valence electrons. The molecule has 0 fully saturated rings. The van der Waals surface area contributed by atoms with E-state index in [0.29, 0.717) is 16.9 Å². The molecule has 0 amide bonds. The first kappa shape index (κ1) is 19.7. The predicted molar refractivity (Wildman–Crippen MR) is 108 cm³/mol. The van der Waals surface area contributed by atoms with E-state index in [4.69, 9.17) is 9.88 Å². The molecule has 0 radical (unpaired) electrons. The summed E-state index contributed by atoms with van der Waals surface area (Å²) in [6.45, 7) is 5.53. The number of rotatable bonds is 5. The molecule has 1 aliphatic rings. The van der Waals surface area contributed by atoms with E-state index >= 15 is 0 Å². The van der Waals surface area contributed by atoms with Gasteiger partial charge in [0, 0.05) is 10.5 Å². The SMILES string of the molecule is CCSc1ccc(C2=C(c3ccc(S(N)(=O)=O)cc3)OC(C)(C)C2=O)cc1. The summed E-state index contributed by atoms with van der Waals surface area (Å²) < 4.78 is 28.9. The minimum absolute atomic E-state index is 0.0120. The third kappa shape index (κ3) is 3.95. The van der Waals surface area contributed by atoms with E-state index in [1.54, 1.807) is 37.7 Å². The zero-order valence-corrected chi connectivity index (χ0v) is 17.0. The molecular formula is C20H21NO4S2. The van der Waals surface area contributed by atoms with Gasteiger partial charge in [0.25, 0.3) is 0 Å². The van der Waals surface area contributed by atoms with Crippen LogP contribution < -0.4 is 5.14 Å². The molecule has 3 rings (SSSR count). The van der Waals surface area contributed by atoms with E-state index in [0.717, 1.165) is 16.2 Å². The Morgan fingerprint density at radius 1 is 1.00 bits per heavy atom. The number of nitrogens with two attached hydrogens (primary N) is 1. The third-order valence-electron chi connectivity index (χ3n) is 4.26. The van der Waals surface area contributed by atoms with Crippen molar-refractivity contribution in [3.63, 3.8) is 0 Å². The van der Waals surface area contributed by atoms with Gasteiger partial charge in [-0.15, -0.1) is 11.8 Å². The van der Waals surface area contributed by atoms with Crippen LogP contribution in [-0.2, 0) is 19.6 Å². The van der Waals surface area contributed by atoms with Crippen molar-refractivity contribution in [3.8, 4) is 0 Å². The number of benzene rings is 2. The first-order valence-electron chi connectivity index (χ1n) is 8.48. The van der Waals surface area contributed by atoms with Gasteiger partial charge in [0.05, 0.1) is 10.5 Å². The van der Waals surface area contributed by atoms with Gasteiger partial charge in [-0.2, -0.15) is 0 Å². The average Bonchev–Trinajstić information content (AvgIpc) is 2.85. The molecule has 0 atom stereocenters. The number of carbonyl (C=O) groups excluding carboxylic acids is 1. The normalized spacial score (nSPS) is 16.5. The molecule has 0 aliphatic carbocycles. The summed E-state index contributed by atoms with van der Waals surface area (Å²) in [7, 11) is -3.78. The summed E-state index contributed by atoms with van der Waals surface area (Å²) in [6.07, 6.45) is 0. The van der Waals surface area contributed by atoms with Gasteiger partial charge in [-0.3, -0.25) is 4.79 Å². The van der Waals surface area contributed by atoms with Crippen LogP contribution in [0, 0.1) is 0 Å². The van der Waals surface area contributed by atoms with Crippen molar-refractivity contribution >= 4 is 38.9 Å². The van der Waals surface area contributed by atoms with Crippen molar-refractivity contribution in [1.29, 1.82) is 0 Å². The Hall–Kier alpha value is -2.09. The maximum atomic E-state index is 12.9. The highest BCUT2D eigenvalue weighted by Crippen LogP contribution is 2.41. The van der Waals surface area contributed by atoms with E-state index in [1.165, 1.54) is 12.1 Å². The van der Waals surface area contributed by atoms with Crippen molar-refractivity contribution < 1.29 is 17.9 Å². The van der Waals surface area contributed by atoms with Crippen molar-refractivity contribution in [3.05, 3.63) is 59.7 Å². The standard InChI is InChI=1S/C20H21NO4S2/c1-4-26-15-9-5-13(6-10-15)17-18(25-20(2,3)19(17)22)14-7-11-16(12-8-14)27(21,23)24/h5-12H,4H2,1-3H3,(H2,21,23,24). The van der Waals surface area contributed by atoms with Gasteiger partial charge in [0.1, 0.15) is 5.76 Å². The maximum Gasteiger partial charge on any atom is 0.238 e. The Labute approximate surface area is 163 Å². The lowest BCUT2D eigenvalue weighted by atomic mass is 9.93. The van der Waals surface area contributed by atoms with E-state index in [2.05, 4.69) is 6.92 Å². The lowest BCUT2D eigenvalue weighted by molar-refractivity contribution is -0.125. The smallest absolute Gasteiger partial charge is 0.238 e. The number of ketones is 1. The summed E-state index contributed by atoms with van der Waals surface area (Å²) in [5.74, 6) is 1.31. The molecule has 5 nitrogen and oxygen atoms in total. The van der Waals surface area contributed by atoms with Gasteiger partial charge in [0.2, 0.25) is 15.8 Å². The van der Waals surface area contributed by atoms with Gasteiger partial charge >= 0.3 is 0 Å². The monoisotopic (exact) mass is 403 g/mol. The Bertz CT molecular complexity index is 1000. The molecule has 0 aromatic heterocycles. The van der Waals surface area contributed by atoms with E-state index in [1.807, 2.05) is 24.3 Å². The molecule has 7 heteroatoms. The van der Waals surface area contributed by atoms with E-state index in [9.17, 15) is 13.2 Å². The van der Waals surface area contributed by atoms with Crippen LogP contribution in [0.25, 0.3) is 11.3 Å². The van der Waals surface area contributed by atoms with Gasteiger partial charge in [0.15, 0.2) is 5.60 Å². The zero-order chi connectivity index (χ0) is 19.8. The first-order valence-corrected chi connectivity index (χ1v) is 11.0. The number of Topliss-reactive ketones (excluding diaryl/α,β-unsaturated/α-hetero) is 1. The molecule has 2 aromatic carbocycles. The topological polar surface area (TPSA) is 86.5 Å². The fourth-order valence-electron chi connectivity index (χ4n) is 2.90. The number of ether oxygens (including phenoxy) is 1. The van der Waals surface area contributed by atoms with Crippen LogP contribution in [0.1, 0.15) is 31.9 Å². The fourth-order valence-corrected chi connectivity index (χ4v) is 4.08. The second-order valence-corrected chi connectivity index (χ2v) is 9.57. The van der Waals surface area contributed by atoms with Crippen LogP contribution in [0.4, 0.5) is 0 Å². The molecule has 0 unspecified atom stereocenters. The van der Waals surface area contributed by atoms with Crippen LogP contribution >= 0.6 is 11.8 Å². The Morgan fingerprint density at radius 3 is 2.07 bits per heavy atom. The molecule has 0 spiro atoms. The van der Waals surface area contributed by atoms with Crippen molar-refractivity contribution in [2.45, 2.75) is 36.2 Å². The number of primary sulfonamides is 1. The van der Waals surface area contributed by atoms with Gasteiger partial charge in [-0.05, 0) is 61.6 Å². The van der Waals surface area contributed by atoms with E-state index < -0.39 is 15.6 Å². The van der Waals surface area contributed by atoms with Crippen molar-refractivity contribution in [2.24, 2.45) is 5.14 Å². The van der Waals surface area contributed by atoms with Crippen molar-refractivity contribution in [2.75, 3.05) is 5.75 Å².